The maximum absolute atomic E-state index is 12.5. The Balaban J connectivity index is 2.54. The van der Waals surface area contributed by atoms with Crippen LogP contribution in [0.3, 0.4) is 0 Å². The molecule has 114 valence electrons. The molecule has 0 unspecified atom stereocenters. The third-order valence-electron chi connectivity index (χ3n) is 3.30. The van der Waals surface area contributed by atoms with E-state index in [1.807, 2.05) is 6.92 Å². The van der Waals surface area contributed by atoms with Crippen molar-refractivity contribution in [2.75, 3.05) is 13.7 Å². The van der Waals surface area contributed by atoms with E-state index in [1.54, 1.807) is 43.7 Å². The van der Waals surface area contributed by atoms with Crippen molar-refractivity contribution in [2.45, 2.75) is 32.7 Å². The molecule has 0 aliphatic heterocycles. The van der Waals surface area contributed by atoms with Gasteiger partial charge < -0.3 is 15.2 Å². The van der Waals surface area contributed by atoms with Gasteiger partial charge in [-0.15, -0.1) is 0 Å². The zero-order valence-corrected chi connectivity index (χ0v) is 12.8. The van der Waals surface area contributed by atoms with Gasteiger partial charge in [-0.1, -0.05) is 6.92 Å². The normalized spacial score (nSPS) is 11.7. The number of nitrogens with one attached hydrogen (secondary N) is 1. The summed E-state index contributed by atoms with van der Waals surface area (Å²) in [6.07, 6.45) is 2.41. The van der Waals surface area contributed by atoms with Crippen LogP contribution in [-0.4, -0.2) is 39.7 Å². The lowest BCUT2D eigenvalue weighted by molar-refractivity contribution is 0.0862. The molecule has 0 aromatic carbocycles. The van der Waals surface area contributed by atoms with Crippen molar-refractivity contribution in [2.24, 2.45) is 0 Å². The Morgan fingerprint density at radius 2 is 2.24 bits per heavy atom. The van der Waals surface area contributed by atoms with Gasteiger partial charge in [-0.05, 0) is 32.4 Å². The molecule has 2 aromatic rings. The highest BCUT2D eigenvalue weighted by Gasteiger charge is 2.25. The van der Waals surface area contributed by atoms with E-state index in [0.717, 1.165) is 0 Å². The molecule has 0 aliphatic carbocycles. The van der Waals surface area contributed by atoms with Gasteiger partial charge in [0.2, 0.25) is 0 Å². The monoisotopic (exact) mass is 291 g/mol. The smallest absolute Gasteiger partial charge is 0.270 e. The van der Waals surface area contributed by atoms with Crippen molar-refractivity contribution in [3.63, 3.8) is 0 Å². The topological polar surface area (TPSA) is 75.9 Å². The van der Waals surface area contributed by atoms with Crippen LogP contribution in [0.2, 0.25) is 0 Å². The highest BCUT2D eigenvalue weighted by molar-refractivity contribution is 5.95. The fourth-order valence-corrected chi connectivity index (χ4v) is 2.14. The minimum absolute atomic E-state index is 0.139. The number of carbonyl (C=O) groups excluding carboxylic acids is 1. The summed E-state index contributed by atoms with van der Waals surface area (Å²) in [6, 6.07) is 3.61. The average Bonchev–Trinajstić information content (AvgIpc) is 2.85. The molecule has 2 heterocycles. The Morgan fingerprint density at radius 1 is 1.52 bits per heavy atom. The van der Waals surface area contributed by atoms with Crippen molar-refractivity contribution < 1.29 is 14.6 Å². The minimum Gasteiger partial charge on any atom is -0.493 e. The van der Waals surface area contributed by atoms with E-state index < -0.39 is 5.54 Å². The fourth-order valence-electron chi connectivity index (χ4n) is 2.14. The van der Waals surface area contributed by atoms with E-state index >= 15 is 0 Å². The molecule has 2 aromatic heterocycles. The van der Waals surface area contributed by atoms with Crippen LogP contribution in [0, 0.1) is 0 Å². The summed E-state index contributed by atoms with van der Waals surface area (Å²) < 4.78 is 7.01. The summed E-state index contributed by atoms with van der Waals surface area (Å²) in [5.74, 6) is 0.360. The summed E-state index contributed by atoms with van der Waals surface area (Å²) in [4.78, 5) is 17.0. The van der Waals surface area contributed by atoms with Crippen LogP contribution >= 0.6 is 0 Å². The van der Waals surface area contributed by atoms with Crippen LogP contribution in [0.5, 0.6) is 5.75 Å². The van der Waals surface area contributed by atoms with Crippen LogP contribution < -0.4 is 10.1 Å². The number of aliphatic hydroxyl groups is 1. The standard InChI is InChI=1S/C15H21N3O3/c1-5-10-12(14(20)17-15(2,3)9-19)18-8-6-7-11(21-4)13(18)16-10/h6-8,19H,5,9H2,1-4H3,(H,17,20). The number of fused-ring (bicyclic) bond motifs is 1. The molecule has 0 spiro atoms. The first-order valence-electron chi connectivity index (χ1n) is 6.90. The van der Waals surface area contributed by atoms with Crippen molar-refractivity contribution in [3.05, 3.63) is 29.7 Å². The van der Waals surface area contributed by atoms with E-state index in [2.05, 4.69) is 10.3 Å². The van der Waals surface area contributed by atoms with Crippen LogP contribution in [0.25, 0.3) is 5.65 Å². The third kappa shape index (κ3) is 2.85. The molecule has 21 heavy (non-hydrogen) atoms. The highest BCUT2D eigenvalue weighted by atomic mass is 16.5. The lowest BCUT2D eigenvalue weighted by Gasteiger charge is -2.23. The molecule has 0 fully saturated rings. The van der Waals surface area contributed by atoms with Crippen molar-refractivity contribution in [1.29, 1.82) is 0 Å². The predicted octanol–water partition coefficient (Wildman–Crippen LogP) is 1.41. The number of aliphatic hydroxyl groups excluding tert-OH is 1. The van der Waals surface area contributed by atoms with Gasteiger partial charge >= 0.3 is 0 Å². The van der Waals surface area contributed by atoms with Crippen LogP contribution in [0.1, 0.15) is 37.0 Å². The maximum atomic E-state index is 12.5. The molecule has 0 saturated carbocycles. The average molecular weight is 291 g/mol. The first-order chi connectivity index (χ1) is 9.93. The van der Waals surface area contributed by atoms with E-state index in [1.165, 1.54) is 0 Å². The Labute approximate surface area is 123 Å². The zero-order valence-electron chi connectivity index (χ0n) is 12.8. The highest BCUT2D eigenvalue weighted by Crippen LogP contribution is 2.22. The summed E-state index contributed by atoms with van der Waals surface area (Å²) >= 11 is 0. The molecular formula is C15H21N3O3. The molecule has 6 nitrogen and oxygen atoms in total. The van der Waals surface area contributed by atoms with Gasteiger partial charge in [0.1, 0.15) is 5.69 Å². The number of amides is 1. The summed E-state index contributed by atoms with van der Waals surface area (Å²) in [6.45, 7) is 5.34. The molecule has 0 saturated heterocycles. The molecule has 2 N–H and O–H groups in total. The Morgan fingerprint density at radius 3 is 2.81 bits per heavy atom. The number of pyridine rings is 1. The van der Waals surface area contributed by atoms with Gasteiger partial charge in [0, 0.05) is 6.20 Å². The zero-order chi connectivity index (χ0) is 15.6. The number of ether oxygens (including phenoxy) is 1. The van der Waals surface area contributed by atoms with E-state index in [-0.39, 0.29) is 12.5 Å². The second kappa shape index (κ2) is 5.73. The molecule has 6 heteroatoms. The Bertz CT molecular complexity index is 661. The molecular weight excluding hydrogens is 270 g/mol. The first-order valence-corrected chi connectivity index (χ1v) is 6.90. The van der Waals surface area contributed by atoms with Crippen molar-refractivity contribution >= 4 is 11.6 Å². The van der Waals surface area contributed by atoms with E-state index in [9.17, 15) is 9.90 Å². The number of nitrogens with zero attached hydrogens (tertiary/aromatic N) is 2. The second-order valence-corrected chi connectivity index (χ2v) is 5.53. The van der Waals surface area contributed by atoms with E-state index in [4.69, 9.17) is 4.74 Å². The van der Waals surface area contributed by atoms with Gasteiger partial charge in [0.05, 0.1) is 24.9 Å². The summed E-state index contributed by atoms with van der Waals surface area (Å²) in [5, 5.41) is 12.1. The number of methoxy groups -OCH3 is 1. The quantitative estimate of drug-likeness (QED) is 0.873. The first kappa shape index (κ1) is 15.3. The summed E-state index contributed by atoms with van der Waals surface area (Å²) in [5.41, 5.74) is 1.10. The number of aryl methyl sites for hydroxylation is 1. The summed E-state index contributed by atoms with van der Waals surface area (Å²) in [7, 11) is 1.57. The van der Waals surface area contributed by atoms with Crippen LogP contribution in [0.15, 0.2) is 18.3 Å². The number of hydrogen-bond donors (Lipinski definition) is 2. The fraction of sp³-hybridized carbons (Fsp3) is 0.467. The molecule has 0 atom stereocenters. The van der Waals surface area contributed by atoms with Crippen LogP contribution in [-0.2, 0) is 6.42 Å². The van der Waals surface area contributed by atoms with Gasteiger partial charge in [0.25, 0.3) is 5.91 Å². The lowest BCUT2D eigenvalue weighted by atomic mass is 10.1. The Kier molecular flexibility index (Phi) is 4.18. The van der Waals surface area contributed by atoms with Gasteiger partial charge in [-0.25, -0.2) is 4.98 Å². The largest absolute Gasteiger partial charge is 0.493 e. The molecule has 0 bridgehead atoms. The minimum atomic E-state index is -0.689. The van der Waals surface area contributed by atoms with Gasteiger partial charge in [-0.2, -0.15) is 0 Å². The molecule has 0 aliphatic rings. The van der Waals surface area contributed by atoms with Crippen LogP contribution in [0.4, 0.5) is 0 Å². The number of imidazole rings is 1. The third-order valence-corrected chi connectivity index (χ3v) is 3.30. The Hall–Kier alpha value is -2.08. The molecule has 0 radical (unpaired) electrons. The van der Waals surface area contributed by atoms with Gasteiger partial charge in [0.15, 0.2) is 11.4 Å². The van der Waals surface area contributed by atoms with Crippen molar-refractivity contribution in [1.82, 2.24) is 14.7 Å². The number of aromatic nitrogens is 2. The number of rotatable bonds is 5. The number of carbonyl (C=O) groups is 1. The maximum Gasteiger partial charge on any atom is 0.270 e. The predicted molar refractivity (Wildman–Crippen MR) is 79.8 cm³/mol. The second-order valence-electron chi connectivity index (χ2n) is 5.53. The number of hydrogen-bond acceptors (Lipinski definition) is 4. The van der Waals surface area contributed by atoms with Crippen molar-refractivity contribution in [3.8, 4) is 5.75 Å². The lowest BCUT2D eigenvalue weighted by Crippen LogP contribution is -2.46. The SMILES string of the molecule is CCc1nc2c(OC)cccn2c1C(=O)NC(C)(C)CO. The molecule has 2 rings (SSSR count). The van der Waals surface area contributed by atoms with Gasteiger partial charge in [-0.3, -0.25) is 9.20 Å². The molecule has 1 amide bonds. The van der Waals surface area contributed by atoms with E-state index in [0.29, 0.717) is 29.2 Å².